The van der Waals surface area contributed by atoms with Crippen molar-refractivity contribution in [2.45, 2.75) is 19.6 Å². The standard InChI is InChI=1S/C41H30N4O2Si/c1-48(2,3)30-20-16-27(17-21-30)39-43-38(26-10-5-4-6-11-26)44-40(45-39)28-12-9-13-29(24-28)41-42-32-22-18-25-19-23-34-36(35(25)37(32)47-41)31-14-7-8-15-33(31)46-34/h4-24H,1-3H3. The van der Waals surface area contributed by atoms with Crippen LogP contribution in [0.1, 0.15) is 0 Å². The summed E-state index contributed by atoms with van der Waals surface area (Å²) >= 11 is 0. The molecule has 0 aliphatic rings. The molecule has 0 saturated carbocycles. The molecule has 0 amide bonds. The Kier molecular flexibility index (Phi) is 6.38. The van der Waals surface area contributed by atoms with Gasteiger partial charge in [0, 0.05) is 38.4 Å². The number of nitrogens with zero attached hydrogens (tertiary/aromatic N) is 4. The largest absolute Gasteiger partial charge is 0.456 e. The minimum atomic E-state index is -1.45. The van der Waals surface area contributed by atoms with Crippen molar-refractivity contribution in [2.24, 2.45) is 0 Å². The predicted molar refractivity (Wildman–Crippen MR) is 197 cm³/mol. The molecule has 0 N–H and O–H groups in total. The van der Waals surface area contributed by atoms with Crippen LogP contribution in [0.25, 0.3) is 89.4 Å². The zero-order valence-electron chi connectivity index (χ0n) is 26.7. The van der Waals surface area contributed by atoms with E-state index in [1.165, 1.54) is 5.19 Å². The molecule has 0 fully saturated rings. The van der Waals surface area contributed by atoms with Crippen molar-refractivity contribution in [3.05, 3.63) is 127 Å². The van der Waals surface area contributed by atoms with Crippen LogP contribution in [-0.4, -0.2) is 28.0 Å². The zero-order chi connectivity index (χ0) is 32.4. The van der Waals surface area contributed by atoms with Gasteiger partial charge in [-0.25, -0.2) is 19.9 Å². The smallest absolute Gasteiger partial charge is 0.227 e. The second-order valence-electron chi connectivity index (χ2n) is 13.1. The first-order valence-corrected chi connectivity index (χ1v) is 19.6. The van der Waals surface area contributed by atoms with E-state index >= 15 is 0 Å². The molecule has 0 aliphatic heterocycles. The molecule has 0 spiro atoms. The number of oxazole rings is 1. The zero-order valence-corrected chi connectivity index (χ0v) is 27.7. The first-order chi connectivity index (χ1) is 23.4. The van der Waals surface area contributed by atoms with Crippen LogP contribution in [0.5, 0.6) is 0 Å². The average molecular weight is 639 g/mol. The summed E-state index contributed by atoms with van der Waals surface area (Å²) in [5.74, 6) is 2.38. The molecule has 3 heterocycles. The molecule has 0 bridgehead atoms. The molecule has 0 radical (unpaired) electrons. The van der Waals surface area contributed by atoms with Gasteiger partial charge in [-0.05, 0) is 35.7 Å². The Morgan fingerprint density at radius 2 is 1.12 bits per heavy atom. The van der Waals surface area contributed by atoms with Crippen LogP contribution in [0.15, 0.2) is 136 Å². The maximum atomic E-state index is 6.61. The van der Waals surface area contributed by atoms with E-state index in [0.29, 0.717) is 23.4 Å². The maximum absolute atomic E-state index is 6.61. The molecule has 0 unspecified atom stereocenters. The number of para-hydroxylation sites is 1. The summed E-state index contributed by atoms with van der Waals surface area (Å²) in [6.07, 6.45) is 0. The molecule has 3 aromatic heterocycles. The van der Waals surface area contributed by atoms with Crippen LogP contribution >= 0.6 is 0 Å². The summed E-state index contributed by atoms with van der Waals surface area (Å²) in [6, 6.07) is 43.1. The number of benzene rings is 6. The second kappa shape index (κ2) is 10.8. The number of furan rings is 1. The maximum Gasteiger partial charge on any atom is 0.227 e. The number of fused-ring (bicyclic) bond motifs is 7. The second-order valence-corrected chi connectivity index (χ2v) is 18.2. The predicted octanol–water partition coefficient (Wildman–Crippen LogP) is 10.3. The number of aromatic nitrogens is 4. The third kappa shape index (κ3) is 4.79. The molecule has 230 valence electrons. The summed E-state index contributed by atoms with van der Waals surface area (Å²) < 4.78 is 12.8. The molecule has 9 aromatic rings. The van der Waals surface area contributed by atoms with Crippen molar-refractivity contribution in [1.29, 1.82) is 0 Å². The SMILES string of the molecule is C[Si](C)(C)c1ccc(-c2nc(-c3ccccc3)nc(-c3cccc(-c4nc5ccc6ccc7oc8ccccc8c7c6c5o4)c3)n2)cc1. The lowest BCUT2D eigenvalue weighted by Gasteiger charge is -2.16. The number of hydrogen-bond donors (Lipinski definition) is 0. The van der Waals surface area contributed by atoms with Crippen LogP contribution < -0.4 is 5.19 Å². The van der Waals surface area contributed by atoms with E-state index in [-0.39, 0.29) is 0 Å². The summed E-state index contributed by atoms with van der Waals surface area (Å²) in [7, 11) is -1.45. The van der Waals surface area contributed by atoms with Crippen molar-refractivity contribution in [3.8, 4) is 45.6 Å². The highest BCUT2D eigenvalue weighted by molar-refractivity contribution is 6.88. The molecule has 9 rings (SSSR count). The first-order valence-electron chi connectivity index (χ1n) is 16.1. The lowest BCUT2D eigenvalue weighted by atomic mass is 10.0. The molecule has 6 aromatic carbocycles. The molecular formula is C41H30N4O2Si. The number of rotatable bonds is 5. The van der Waals surface area contributed by atoms with E-state index in [1.54, 1.807) is 0 Å². The molecule has 6 nitrogen and oxygen atoms in total. The van der Waals surface area contributed by atoms with E-state index in [0.717, 1.165) is 66.1 Å². The van der Waals surface area contributed by atoms with Crippen molar-refractivity contribution in [3.63, 3.8) is 0 Å². The van der Waals surface area contributed by atoms with Gasteiger partial charge in [-0.1, -0.05) is 122 Å². The molecular weight excluding hydrogens is 609 g/mol. The molecule has 0 saturated heterocycles. The Hall–Kier alpha value is -5.92. The van der Waals surface area contributed by atoms with Gasteiger partial charge >= 0.3 is 0 Å². The van der Waals surface area contributed by atoms with Gasteiger partial charge in [0.15, 0.2) is 23.1 Å². The Morgan fingerprint density at radius 3 is 1.90 bits per heavy atom. The normalized spacial score (nSPS) is 12.1. The van der Waals surface area contributed by atoms with Crippen LogP contribution in [-0.2, 0) is 0 Å². The van der Waals surface area contributed by atoms with Gasteiger partial charge in [-0.3, -0.25) is 0 Å². The lowest BCUT2D eigenvalue weighted by Crippen LogP contribution is -2.37. The Bertz CT molecular complexity index is 2650. The first kappa shape index (κ1) is 28.3. The topological polar surface area (TPSA) is 77.8 Å². The third-order valence-corrected chi connectivity index (χ3v) is 11.0. The Morgan fingerprint density at radius 1 is 0.479 bits per heavy atom. The van der Waals surface area contributed by atoms with Gasteiger partial charge < -0.3 is 8.83 Å². The highest BCUT2D eigenvalue weighted by Crippen LogP contribution is 2.39. The summed E-state index contributed by atoms with van der Waals surface area (Å²) in [6.45, 7) is 7.05. The Labute approximate surface area is 277 Å². The van der Waals surface area contributed by atoms with Crippen LogP contribution in [0, 0.1) is 0 Å². The van der Waals surface area contributed by atoms with Crippen LogP contribution in [0.4, 0.5) is 0 Å². The van der Waals surface area contributed by atoms with Gasteiger partial charge in [0.2, 0.25) is 5.89 Å². The van der Waals surface area contributed by atoms with Gasteiger partial charge in [-0.2, -0.15) is 0 Å². The Balaban J connectivity index is 1.18. The summed E-state index contributed by atoms with van der Waals surface area (Å²) in [5, 5.41) is 5.56. The minimum absolute atomic E-state index is 0.531. The van der Waals surface area contributed by atoms with Crippen LogP contribution in [0.3, 0.4) is 0 Å². The molecule has 7 heteroatoms. The fourth-order valence-electron chi connectivity index (χ4n) is 6.39. The van der Waals surface area contributed by atoms with Gasteiger partial charge in [-0.15, -0.1) is 0 Å². The average Bonchev–Trinajstić information content (AvgIpc) is 3.74. The van der Waals surface area contributed by atoms with Crippen LogP contribution in [0.2, 0.25) is 19.6 Å². The highest BCUT2D eigenvalue weighted by Gasteiger charge is 2.20. The van der Waals surface area contributed by atoms with Crippen molar-refractivity contribution >= 4 is 57.1 Å². The van der Waals surface area contributed by atoms with E-state index in [9.17, 15) is 0 Å². The minimum Gasteiger partial charge on any atom is -0.456 e. The highest BCUT2D eigenvalue weighted by atomic mass is 28.3. The van der Waals surface area contributed by atoms with Crippen molar-refractivity contribution in [1.82, 2.24) is 19.9 Å². The fourth-order valence-corrected chi connectivity index (χ4v) is 7.56. The van der Waals surface area contributed by atoms with Gasteiger partial charge in [0.05, 0.1) is 8.07 Å². The van der Waals surface area contributed by atoms with Crippen molar-refractivity contribution in [2.75, 3.05) is 0 Å². The number of hydrogen-bond acceptors (Lipinski definition) is 6. The quantitative estimate of drug-likeness (QED) is 0.175. The van der Waals surface area contributed by atoms with E-state index in [4.69, 9.17) is 28.8 Å². The molecule has 48 heavy (non-hydrogen) atoms. The lowest BCUT2D eigenvalue weighted by molar-refractivity contribution is 0.623. The van der Waals surface area contributed by atoms with E-state index in [1.807, 2.05) is 84.9 Å². The third-order valence-electron chi connectivity index (χ3n) is 8.92. The van der Waals surface area contributed by atoms with Crippen molar-refractivity contribution < 1.29 is 8.83 Å². The van der Waals surface area contributed by atoms with Gasteiger partial charge in [0.1, 0.15) is 16.7 Å². The molecule has 0 atom stereocenters. The summed E-state index contributed by atoms with van der Waals surface area (Å²) in [5.41, 5.74) is 6.77. The van der Waals surface area contributed by atoms with E-state index < -0.39 is 8.07 Å². The summed E-state index contributed by atoms with van der Waals surface area (Å²) in [4.78, 5) is 19.8. The van der Waals surface area contributed by atoms with E-state index in [2.05, 4.69) is 62.1 Å². The fraction of sp³-hybridized carbons (Fsp3) is 0.0732. The molecule has 0 aliphatic carbocycles. The monoisotopic (exact) mass is 638 g/mol. The van der Waals surface area contributed by atoms with Gasteiger partial charge in [0.25, 0.3) is 0 Å².